The van der Waals surface area contributed by atoms with Crippen LogP contribution in [0.4, 0.5) is 5.69 Å². The van der Waals surface area contributed by atoms with Crippen LogP contribution in [0.5, 0.6) is 0 Å². The molecule has 116 valence electrons. The first-order valence-electron chi connectivity index (χ1n) is 7.19. The van der Waals surface area contributed by atoms with Crippen LogP contribution in [0.1, 0.15) is 11.1 Å². The second-order valence-corrected chi connectivity index (χ2v) is 5.34. The molecule has 0 bridgehead atoms. The topological polar surface area (TPSA) is 87.5 Å². The quantitative estimate of drug-likeness (QED) is 0.900. The number of amidine groups is 1. The van der Waals surface area contributed by atoms with Crippen molar-refractivity contribution in [1.29, 1.82) is 5.41 Å². The SMILES string of the molecule is N=C1C(c2ccccc2)=C(O)CN1c1ccc(CC(=O)[O-])cc1. The molecule has 0 fully saturated rings. The Bertz CT molecular complexity index is 780. The highest BCUT2D eigenvalue weighted by atomic mass is 16.4. The Labute approximate surface area is 133 Å². The maximum Gasteiger partial charge on any atom is 0.137 e. The lowest BCUT2D eigenvalue weighted by atomic mass is 10.1. The largest absolute Gasteiger partial charge is 0.550 e. The minimum atomic E-state index is -1.13. The molecule has 0 unspecified atom stereocenters. The van der Waals surface area contributed by atoms with Gasteiger partial charge in [0.1, 0.15) is 11.6 Å². The molecule has 0 saturated carbocycles. The molecule has 23 heavy (non-hydrogen) atoms. The molecule has 3 rings (SSSR count). The number of hydrogen-bond acceptors (Lipinski definition) is 4. The number of nitrogens with zero attached hydrogens (tertiary/aromatic N) is 1. The third-order valence-corrected chi connectivity index (χ3v) is 3.76. The van der Waals surface area contributed by atoms with Gasteiger partial charge in [-0.05, 0) is 23.3 Å². The molecule has 1 aliphatic heterocycles. The number of carbonyl (C=O) groups is 1. The van der Waals surface area contributed by atoms with E-state index < -0.39 is 5.97 Å². The van der Waals surface area contributed by atoms with Crippen LogP contribution in [0.3, 0.4) is 0 Å². The molecule has 0 amide bonds. The van der Waals surface area contributed by atoms with E-state index in [9.17, 15) is 15.0 Å². The van der Waals surface area contributed by atoms with Crippen LogP contribution in [-0.2, 0) is 11.2 Å². The lowest BCUT2D eigenvalue weighted by Crippen LogP contribution is -2.26. The van der Waals surface area contributed by atoms with Crippen molar-refractivity contribution in [3.63, 3.8) is 0 Å². The Morgan fingerprint density at radius 3 is 2.39 bits per heavy atom. The average Bonchev–Trinajstić information content (AvgIpc) is 2.83. The van der Waals surface area contributed by atoms with Gasteiger partial charge in [0.05, 0.1) is 12.1 Å². The number of carboxylic acids is 1. The zero-order valence-electron chi connectivity index (χ0n) is 12.3. The van der Waals surface area contributed by atoms with E-state index in [0.717, 1.165) is 11.3 Å². The molecular weight excluding hydrogens is 292 g/mol. The lowest BCUT2D eigenvalue weighted by molar-refractivity contribution is -0.304. The second-order valence-electron chi connectivity index (χ2n) is 5.34. The number of aliphatic hydroxyl groups excluding tert-OH is 1. The van der Waals surface area contributed by atoms with E-state index in [4.69, 9.17) is 5.41 Å². The Hall–Kier alpha value is -3.08. The summed E-state index contributed by atoms with van der Waals surface area (Å²) in [6, 6.07) is 16.2. The Morgan fingerprint density at radius 1 is 1.13 bits per heavy atom. The summed E-state index contributed by atoms with van der Waals surface area (Å²) in [5.74, 6) is -0.751. The van der Waals surface area contributed by atoms with Gasteiger partial charge >= 0.3 is 0 Å². The fraction of sp³-hybridized carbons (Fsp3) is 0.111. The van der Waals surface area contributed by atoms with E-state index in [1.807, 2.05) is 30.3 Å². The highest BCUT2D eigenvalue weighted by Gasteiger charge is 2.29. The number of aliphatic hydroxyl groups is 1. The summed E-state index contributed by atoms with van der Waals surface area (Å²) >= 11 is 0. The fourth-order valence-corrected chi connectivity index (χ4v) is 2.67. The summed E-state index contributed by atoms with van der Waals surface area (Å²) in [5, 5.41) is 29.2. The maximum atomic E-state index is 10.6. The van der Waals surface area contributed by atoms with E-state index in [1.165, 1.54) is 0 Å². The zero-order chi connectivity index (χ0) is 16.4. The average molecular weight is 307 g/mol. The summed E-state index contributed by atoms with van der Waals surface area (Å²) in [4.78, 5) is 12.3. The second kappa shape index (κ2) is 5.96. The number of carbonyl (C=O) groups excluding carboxylic acids is 1. The van der Waals surface area contributed by atoms with Crippen molar-refractivity contribution >= 4 is 23.1 Å². The summed E-state index contributed by atoms with van der Waals surface area (Å²) in [7, 11) is 0. The number of benzene rings is 2. The Balaban J connectivity index is 1.84. The number of anilines is 1. The van der Waals surface area contributed by atoms with Gasteiger partial charge in [-0.3, -0.25) is 5.41 Å². The molecule has 5 heteroatoms. The third kappa shape index (κ3) is 2.94. The first-order chi connectivity index (χ1) is 11.1. The molecule has 0 atom stereocenters. The van der Waals surface area contributed by atoms with E-state index in [0.29, 0.717) is 11.1 Å². The van der Waals surface area contributed by atoms with Crippen molar-refractivity contribution in [1.82, 2.24) is 0 Å². The highest BCUT2D eigenvalue weighted by molar-refractivity contribution is 6.30. The number of rotatable bonds is 4. The monoisotopic (exact) mass is 307 g/mol. The molecule has 0 aromatic heterocycles. The minimum absolute atomic E-state index is 0.142. The molecular formula is C18H15N2O3-. The van der Waals surface area contributed by atoms with E-state index in [2.05, 4.69) is 0 Å². The van der Waals surface area contributed by atoms with Crippen LogP contribution in [0.2, 0.25) is 0 Å². The third-order valence-electron chi connectivity index (χ3n) is 3.76. The molecule has 0 saturated heterocycles. The van der Waals surface area contributed by atoms with Gasteiger partial charge in [0.25, 0.3) is 0 Å². The summed E-state index contributed by atoms with van der Waals surface area (Å²) < 4.78 is 0. The van der Waals surface area contributed by atoms with Crippen molar-refractivity contribution in [2.24, 2.45) is 0 Å². The molecule has 0 spiro atoms. The van der Waals surface area contributed by atoms with Crippen LogP contribution in [0, 0.1) is 5.41 Å². The Morgan fingerprint density at radius 2 is 1.78 bits per heavy atom. The molecule has 2 aromatic rings. The molecule has 1 heterocycles. The van der Waals surface area contributed by atoms with Crippen molar-refractivity contribution < 1.29 is 15.0 Å². The smallest absolute Gasteiger partial charge is 0.137 e. The van der Waals surface area contributed by atoms with Gasteiger partial charge in [-0.25, -0.2) is 0 Å². The van der Waals surface area contributed by atoms with Crippen LogP contribution in [0.25, 0.3) is 5.57 Å². The highest BCUT2D eigenvalue weighted by Crippen LogP contribution is 2.31. The van der Waals surface area contributed by atoms with Crippen molar-refractivity contribution in [2.75, 3.05) is 11.4 Å². The predicted octanol–water partition coefficient (Wildman–Crippen LogP) is 1.75. The fourth-order valence-electron chi connectivity index (χ4n) is 2.67. The normalized spacial score (nSPS) is 14.4. The van der Waals surface area contributed by atoms with E-state index in [1.54, 1.807) is 29.2 Å². The Kier molecular flexibility index (Phi) is 3.85. The lowest BCUT2D eigenvalue weighted by Gasteiger charge is -2.19. The van der Waals surface area contributed by atoms with Crippen molar-refractivity contribution in [3.8, 4) is 0 Å². The van der Waals surface area contributed by atoms with E-state index >= 15 is 0 Å². The van der Waals surface area contributed by atoms with Gasteiger partial charge in [-0.1, -0.05) is 42.5 Å². The van der Waals surface area contributed by atoms with Gasteiger partial charge in [-0.15, -0.1) is 0 Å². The summed E-state index contributed by atoms with van der Waals surface area (Å²) in [6.07, 6.45) is -0.142. The van der Waals surface area contributed by atoms with Crippen LogP contribution >= 0.6 is 0 Å². The van der Waals surface area contributed by atoms with Gasteiger partial charge < -0.3 is 19.9 Å². The number of hydrogen-bond donors (Lipinski definition) is 2. The first-order valence-corrected chi connectivity index (χ1v) is 7.19. The van der Waals surface area contributed by atoms with Crippen LogP contribution in [-0.4, -0.2) is 23.5 Å². The first kappa shape index (κ1) is 14.8. The minimum Gasteiger partial charge on any atom is -0.550 e. The molecule has 1 aliphatic rings. The van der Waals surface area contributed by atoms with Crippen molar-refractivity contribution in [3.05, 3.63) is 71.5 Å². The van der Waals surface area contributed by atoms with Crippen LogP contribution in [0.15, 0.2) is 60.4 Å². The molecule has 0 aliphatic carbocycles. The molecule has 2 N–H and O–H groups in total. The summed E-state index contributed by atoms with van der Waals surface area (Å²) in [5.41, 5.74) is 2.69. The van der Waals surface area contributed by atoms with E-state index in [-0.39, 0.29) is 24.6 Å². The van der Waals surface area contributed by atoms with Gasteiger partial charge in [0, 0.05) is 18.1 Å². The number of carboxylic acid groups (broad SMARTS) is 1. The van der Waals surface area contributed by atoms with Gasteiger partial charge in [-0.2, -0.15) is 0 Å². The van der Waals surface area contributed by atoms with Gasteiger partial charge in [0.2, 0.25) is 0 Å². The van der Waals surface area contributed by atoms with Crippen molar-refractivity contribution in [2.45, 2.75) is 6.42 Å². The van der Waals surface area contributed by atoms with Gasteiger partial charge in [0.15, 0.2) is 0 Å². The molecule has 2 aromatic carbocycles. The maximum absolute atomic E-state index is 10.6. The summed E-state index contributed by atoms with van der Waals surface area (Å²) in [6.45, 7) is 0.225. The number of aliphatic carboxylic acids is 1. The molecule has 0 radical (unpaired) electrons. The van der Waals surface area contributed by atoms with Crippen LogP contribution < -0.4 is 10.0 Å². The standard InChI is InChI=1S/C18H16N2O3/c19-18-17(13-4-2-1-3-5-13)15(21)11-20(18)14-8-6-12(7-9-14)10-16(22)23/h1-9,19,21H,10-11H2,(H,22,23)/p-1. The predicted molar refractivity (Wildman–Crippen MR) is 86.2 cm³/mol. The molecule has 5 nitrogen and oxygen atoms in total. The number of nitrogens with one attached hydrogen (secondary N) is 1. The zero-order valence-corrected chi connectivity index (χ0v) is 12.3.